The number of carbonyl (C=O) groups excluding carboxylic acids is 1. The number of aryl methyl sites for hydroxylation is 1. The maximum atomic E-state index is 14.1. The fraction of sp³-hybridized carbons (Fsp3) is 0.561. The second-order valence-corrected chi connectivity index (χ2v) is 17.1. The first kappa shape index (κ1) is 35.0. The Morgan fingerprint density at radius 3 is 2.42 bits per heavy atom. The molecule has 2 aromatic heterocycles. The largest absolute Gasteiger partial charge is 0.481 e. The standard InChI is InChI=1S/C41H47F3N8O3/c1-3-32(53)52-22-39(23-52)8-12-49(13-9-39)37-29-16-28(26-5-6-26)34(33-25(2)4-7-31-30(33)17-45-48-31)36(55-24-41(42,43)44)35(29)46-38(47-37)50-18-27(19-50)51-20-40(21-51)10-14-54-15-11-40/h3-4,7,16-17,26-27H,1,5-6,8-15,18-24H2,2H3,(H,45,48). The number of halogens is 3. The van der Waals surface area contributed by atoms with E-state index in [1.54, 1.807) is 6.20 Å². The molecule has 5 aliphatic heterocycles. The number of rotatable bonds is 8. The Balaban J connectivity index is 1.07. The van der Waals surface area contributed by atoms with E-state index < -0.39 is 12.8 Å². The second-order valence-electron chi connectivity index (χ2n) is 17.1. The number of piperidine rings is 1. The number of nitrogens with zero attached hydrogens (tertiary/aromatic N) is 7. The van der Waals surface area contributed by atoms with Crippen molar-refractivity contribution < 1.29 is 27.4 Å². The molecule has 0 atom stereocenters. The molecule has 0 radical (unpaired) electrons. The summed E-state index contributed by atoms with van der Waals surface area (Å²) in [7, 11) is 0. The minimum atomic E-state index is -4.55. The van der Waals surface area contributed by atoms with Crippen molar-refractivity contribution in [1.29, 1.82) is 0 Å². The van der Waals surface area contributed by atoms with Gasteiger partial charge < -0.3 is 24.2 Å². The van der Waals surface area contributed by atoms with Gasteiger partial charge in [0.1, 0.15) is 11.3 Å². The van der Waals surface area contributed by atoms with Crippen molar-refractivity contribution in [2.75, 3.05) is 82.0 Å². The second kappa shape index (κ2) is 12.8. The monoisotopic (exact) mass is 756 g/mol. The van der Waals surface area contributed by atoms with Gasteiger partial charge in [-0.15, -0.1) is 0 Å². The molecule has 6 fully saturated rings. The summed E-state index contributed by atoms with van der Waals surface area (Å²) in [6.07, 6.45) is 4.43. The van der Waals surface area contributed by atoms with Gasteiger partial charge in [0.25, 0.3) is 0 Å². The Bertz CT molecular complexity index is 2160. The Morgan fingerprint density at radius 2 is 1.73 bits per heavy atom. The number of carbonyl (C=O) groups is 1. The molecule has 0 unspecified atom stereocenters. The van der Waals surface area contributed by atoms with Crippen LogP contribution in [0.15, 0.2) is 37.1 Å². The van der Waals surface area contributed by atoms with Crippen LogP contribution in [0.1, 0.15) is 55.6 Å². The van der Waals surface area contributed by atoms with Gasteiger partial charge in [0.05, 0.1) is 11.7 Å². The molecule has 14 heteroatoms. The van der Waals surface area contributed by atoms with Crippen LogP contribution in [0.4, 0.5) is 24.9 Å². The average Bonchev–Trinajstić information content (AvgIpc) is 3.87. The molecule has 11 nitrogen and oxygen atoms in total. The number of alkyl halides is 3. The molecule has 7 heterocycles. The van der Waals surface area contributed by atoms with E-state index >= 15 is 0 Å². The lowest BCUT2D eigenvalue weighted by Crippen LogP contribution is -2.69. The zero-order valence-electron chi connectivity index (χ0n) is 31.3. The fourth-order valence-corrected chi connectivity index (χ4v) is 9.94. The zero-order valence-corrected chi connectivity index (χ0v) is 31.3. The van der Waals surface area contributed by atoms with E-state index in [1.807, 2.05) is 24.0 Å². The summed E-state index contributed by atoms with van der Waals surface area (Å²) in [4.78, 5) is 31.6. The van der Waals surface area contributed by atoms with Crippen LogP contribution in [-0.2, 0) is 9.53 Å². The third-order valence-electron chi connectivity index (χ3n) is 13.4. The molecule has 5 saturated heterocycles. The number of anilines is 2. The lowest BCUT2D eigenvalue weighted by molar-refractivity contribution is -0.153. The highest BCUT2D eigenvalue weighted by Gasteiger charge is 2.50. The van der Waals surface area contributed by atoms with Gasteiger partial charge in [-0.1, -0.05) is 12.6 Å². The first-order chi connectivity index (χ1) is 26.5. The summed E-state index contributed by atoms with van der Waals surface area (Å²) in [6, 6.07) is 6.45. The summed E-state index contributed by atoms with van der Waals surface area (Å²) in [6.45, 7) is 12.4. The first-order valence-electron chi connectivity index (χ1n) is 19.8. The topological polar surface area (TPSA) is 103 Å². The number of nitrogens with one attached hydrogen (secondary N) is 1. The third kappa shape index (κ3) is 6.10. The van der Waals surface area contributed by atoms with Crippen LogP contribution < -0.4 is 14.5 Å². The Kier molecular flexibility index (Phi) is 8.15. The highest BCUT2D eigenvalue weighted by atomic mass is 19.4. The van der Waals surface area contributed by atoms with Crippen LogP contribution in [0.5, 0.6) is 5.75 Å². The van der Waals surface area contributed by atoms with E-state index in [9.17, 15) is 18.0 Å². The van der Waals surface area contributed by atoms with E-state index in [-0.39, 0.29) is 23.0 Å². The van der Waals surface area contributed by atoms with Gasteiger partial charge in [-0.3, -0.25) is 14.8 Å². The number of likely N-dealkylation sites (tertiary alicyclic amines) is 2. The maximum absolute atomic E-state index is 14.1. The molecule has 290 valence electrons. The molecule has 1 saturated carbocycles. The van der Waals surface area contributed by atoms with Gasteiger partial charge in [0, 0.05) is 98.8 Å². The van der Waals surface area contributed by atoms with E-state index in [2.05, 4.69) is 37.5 Å². The van der Waals surface area contributed by atoms with Crippen LogP contribution in [0, 0.1) is 17.8 Å². The lowest BCUT2D eigenvalue weighted by atomic mass is 9.72. The molecule has 1 aliphatic carbocycles. The molecule has 2 aromatic carbocycles. The number of hydrogen-bond donors (Lipinski definition) is 1. The van der Waals surface area contributed by atoms with Crippen LogP contribution in [-0.4, -0.2) is 120 Å². The van der Waals surface area contributed by atoms with Crippen molar-refractivity contribution in [2.45, 2.75) is 63.6 Å². The minimum absolute atomic E-state index is 0.0374. The Morgan fingerprint density at radius 1 is 1.00 bits per heavy atom. The molecule has 0 bridgehead atoms. The van der Waals surface area contributed by atoms with Crippen molar-refractivity contribution in [3.63, 3.8) is 0 Å². The number of benzene rings is 2. The normalized spacial score (nSPS) is 22.6. The zero-order chi connectivity index (χ0) is 37.7. The number of ether oxygens (including phenoxy) is 2. The lowest BCUT2D eigenvalue weighted by Gasteiger charge is -2.58. The molecule has 2 spiro atoms. The summed E-state index contributed by atoms with van der Waals surface area (Å²) >= 11 is 0. The van der Waals surface area contributed by atoms with Crippen LogP contribution in [0.25, 0.3) is 32.9 Å². The van der Waals surface area contributed by atoms with Crippen molar-refractivity contribution >= 4 is 39.5 Å². The predicted molar refractivity (Wildman–Crippen MR) is 204 cm³/mol. The van der Waals surface area contributed by atoms with E-state index in [4.69, 9.17) is 19.4 Å². The third-order valence-corrected chi connectivity index (χ3v) is 13.4. The van der Waals surface area contributed by atoms with E-state index in [0.717, 1.165) is 130 Å². The molecule has 55 heavy (non-hydrogen) atoms. The Hall–Kier alpha value is -4.43. The molecule has 1 N–H and O–H groups in total. The van der Waals surface area contributed by atoms with Crippen molar-refractivity contribution in [3.05, 3.63) is 48.2 Å². The number of hydrogen-bond acceptors (Lipinski definition) is 9. The number of aromatic nitrogens is 4. The van der Waals surface area contributed by atoms with Gasteiger partial charge in [-0.2, -0.15) is 23.3 Å². The highest BCUT2D eigenvalue weighted by Crippen LogP contribution is 2.54. The molecule has 6 aliphatic rings. The fourth-order valence-electron chi connectivity index (χ4n) is 9.94. The number of aromatic amines is 1. The average molecular weight is 757 g/mol. The molecular formula is C41H47F3N8O3. The van der Waals surface area contributed by atoms with Crippen LogP contribution in [0.2, 0.25) is 0 Å². The SMILES string of the molecule is C=CC(=O)N1CC2(CCN(c3nc(N4CC(N5CC6(CCOCC6)C5)C4)nc4c(OCC(F)(F)F)c(-c5c(C)ccc6[nH]ncc56)c(C5CC5)cc34)CC2)C1. The van der Waals surface area contributed by atoms with Gasteiger partial charge in [-0.05, 0) is 86.3 Å². The number of fused-ring (bicyclic) bond motifs is 2. The van der Waals surface area contributed by atoms with Gasteiger partial charge in [-0.25, -0.2) is 4.98 Å². The summed E-state index contributed by atoms with van der Waals surface area (Å²) in [5, 5.41) is 8.91. The smallest absolute Gasteiger partial charge is 0.422 e. The minimum Gasteiger partial charge on any atom is -0.481 e. The molecular weight excluding hydrogens is 709 g/mol. The first-order valence-corrected chi connectivity index (χ1v) is 19.8. The summed E-state index contributed by atoms with van der Waals surface area (Å²) in [5.41, 5.74) is 5.01. The van der Waals surface area contributed by atoms with Crippen molar-refractivity contribution in [2.24, 2.45) is 10.8 Å². The van der Waals surface area contributed by atoms with Crippen molar-refractivity contribution in [3.8, 4) is 16.9 Å². The molecule has 10 rings (SSSR count). The number of amides is 1. The quantitative estimate of drug-likeness (QED) is 0.210. The van der Waals surface area contributed by atoms with Gasteiger partial charge in [0.2, 0.25) is 11.9 Å². The summed E-state index contributed by atoms with van der Waals surface area (Å²) < 4.78 is 54.1. The number of H-pyrrole nitrogens is 1. The highest BCUT2D eigenvalue weighted by molar-refractivity contribution is 6.06. The van der Waals surface area contributed by atoms with Gasteiger partial charge in [0.15, 0.2) is 12.4 Å². The Labute approximate surface area is 317 Å². The van der Waals surface area contributed by atoms with Crippen LogP contribution >= 0.6 is 0 Å². The van der Waals surface area contributed by atoms with E-state index in [0.29, 0.717) is 41.6 Å². The van der Waals surface area contributed by atoms with Gasteiger partial charge >= 0.3 is 6.18 Å². The van der Waals surface area contributed by atoms with Crippen LogP contribution in [0.3, 0.4) is 0 Å². The van der Waals surface area contributed by atoms with Crippen molar-refractivity contribution in [1.82, 2.24) is 30.0 Å². The van der Waals surface area contributed by atoms with E-state index in [1.165, 1.54) is 6.08 Å². The molecule has 4 aromatic rings. The summed E-state index contributed by atoms with van der Waals surface area (Å²) in [5.74, 6) is 1.56. The predicted octanol–water partition coefficient (Wildman–Crippen LogP) is 6.22. The molecule has 1 amide bonds. The maximum Gasteiger partial charge on any atom is 0.422 e.